The molecule has 0 bridgehead atoms. The Balaban J connectivity index is 1.39. The molecule has 1 aliphatic rings. The molecule has 0 fully saturated rings. The fourth-order valence-electron chi connectivity index (χ4n) is 4.18. The number of fused-ring (bicyclic) bond motifs is 1. The molecule has 2 aromatic carbocycles. The highest BCUT2D eigenvalue weighted by molar-refractivity contribution is 5.99. The van der Waals surface area contributed by atoms with E-state index in [1.807, 2.05) is 59.4 Å². The molecule has 0 aliphatic carbocycles. The first kappa shape index (κ1) is 20.2. The minimum Gasteiger partial charge on any atom is -0.345 e. The lowest BCUT2D eigenvalue weighted by Crippen LogP contribution is -2.25. The molecule has 0 saturated carbocycles. The largest absolute Gasteiger partial charge is 0.345 e. The minimum atomic E-state index is -0.158. The maximum absolute atomic E-state index is 13.2. The highest BCUT2D eigenvalue weighted by Gasteiger charge is 2.20. The van der Waals surface area contributed by atoms with Crippen LogP contribution in [0.25, 0.3) is 11.3 Å². The molecule has 1 aliphatic heterocycles. The van der Waals surface area contributed by atoms with Crippen LogP contribution in [0.15, 0.2) is 66.9 Å². The lowest BCUT2D eigenvalue weighted by molar-refractivity contribution is 0.0950. The molecule has 5 rings (SSSR count). The average Bonchev–Trinajstić information content (AvgIpc) is 3.35. The molecule has 7 heteroatoms. The molecule has 1 N–H and O–H groups in total. The predicted octanol–water partition coefficient (Wildman–Crippen LogP) is 3.85. The van der Waals surface area contributed by atoms with Crippen molar-refractivity contribution in [2.75, 3.05) is 0 Å². The fraction of sp³-hybridized carbons (Fsp3) is 0.280. The second-order valence-electron chi connectivity index (χ2n) is 8.12. The Morgan fingerprint density at radius 1 is 0.938 bits per heavy atom. The summed E-state index contributed by atoms with van der Waals surface area (Å²) >= 11 is 0. The Hall–Kier alpha value is -3.74. The van der Waals surface area contributed by atoms with E-state index < -0.39 is 0 Å². The van der Waals surface area contributed by atoms with E-state index in [-0.39, 0.29) is 5.91 Å². The van der Waals surface area contributed by atoms with Gasteiger partial charge in [0, 0.05) is 24.7 Å². The van der Waals surface area contributed by atoms with E-state index in [0.29, 0.717) is 24.3 Å². The number of hydrogen-bond donors (Lipinski definition) is 1. The van der Waals surface area contributed by atoms with Gasteiger partial charge < -0.3 is 9.88 Å². The van der Waals surface area contributed by atoms with Gasteiger partial charge in [0.1, 0.15) is 11.5 Å². The molecule has 32 heavy (non-hydrogen) atoms. The van der Waals surface area contributed by atoms with E-state index in [0.717, 1.165) is 48.6 Å². The zero-order valence-corrected chi connectivity index (χ0v) is 17.9. The lowest BCUT2D eigenvalue weighted by atomic mass is 10.1. The van der Waals surface area contributed by atoms with Crippen LogP contribution in [0.1, 0.15) is 46.8 Å². The molecular weight excluding hydrogens is 400 g/mol. The zero-order valence-electron chi connectivity index (χ0n) is 17.9. The van der Waals surface area contributed by atoms with Gasteiger partial charge in [-0.05, 0) is 18.4 Å². The summed E-state index contributed by atoms with van der Waals surface area (Å²) in [5, 5.41) is 16.4. The summed E-state index contributed by atoms with van der Waals surface area (Å²) in [7, 11) is 0. The quantitative estimate of drug-likeness (QED) is 0.508. The van der Waals surface area contributed by atoms with E-state index in [2.05, 4.69) is 32.2 Å². The SMILES string of the molecule is O=C(NCc1nnc2n1CCCCC2)c1cn(Cc2ccccc2)nc1-c1ccccc1. The molecule has 0 unspecified atom stereocenters. The highest BCUT2D eigenvalue weighted by atomic mass is 16.1. The number of carbonyl (C=O) groups excluding carboxylic acids is 1. The number of aryl methyl sites for hydroxylation is 1. The molecule has 0 atom stereocenters. The summed E-state index contributed by atoms with van der Waals surface area (Å²) in [5.41, 5.74) is 3.29. The van der Waals surface area contributed by atoms with Crippen molar-refractivity contribution in [3.8, 4) is 11.3 Å². The number of rotatable bonds is 6. The van der Waals surface area contributed by atoms with Gasteiger partial charge in [-0.15, -0.1) is 10.2 Å². The Bertz CT molecular complexity index is 1200. The number of hydrogen-bond acceptors (Lipinski definition) is 4. The van der Waals surface area contributed by atoms with Gasteiger partial charge in [-0.3, -0.25) is 9.48 Å². The Kier molecular flexibility index (Phi) is 5.79. The molecule has 0 saturated heterocycles. The van der Waals surface area contributed by atoms with E-state index in [1.54, 1.807) is 0 Å². The Morgan fingerprint density at radius 2 is 1.72 bits per heavy atom. The van der Waals surface area contributed by atoms with Gasteiger partial charge in [-0.1, -0.05) is 67.1 Å². The van der Waals surface area contributed by atoms with Gasteiger partial charge in [0.05, 0.1) is 18.7 Å². The standard InChI is InChI=1S/C25H26N6O/c32-25(26-16-23-28-27-22-14-8-3-9-15-31(22)23)21-18-30(17-19-10-4-1-5-11-19)29-24(21)20-12-6-2-7-13-20/h1-2,4-7,10-13,18H,3,8-9,14-17H2,(H,26,32). The summed E-state index contributed by atoms with van der Waals surface area (Å²) in [4.78, 5) is 13.2. The summed E-state index contributed by atoms with van der Waals surface area (Å²) in [5.74, 6) is 1.68. The van der Waals surface area contributed by atoms with Crippen molar-refractivity contribution < 1.29 is 4.79 Å². The van der Waals surface area contributed by atoms with Gasteiger partial charge in [0.2, 0.25) is 0 Å². The third-order valence-corrected chi connectivity index (χ3v) is 5.83. The predicted molar refractivity (Wildman–Crippen MR) is 122 cm³/mol. The second kappa shape index (κ2) is 9.18. The van der Waals surface area contributed by atoms with E-state index >= 15 is 0 Å². The maximum atomic E-state index is 13.2. The van der Waals surface area contributed by atoms with Crippen LogP contribution in [0.5, 0.6) is 0 Å². The fourth-order valence-corrected chi connectivity index (χ4v) is 4.18. The summed E-state index contributed by atoms with van der Waals surface area (Å²) < 4.78 is 3.99. The zero-order chi connectivity index (χ0) is 21.8. The first-order chi connectivity index (χ1) is 15.8. The first-order valence-corrected chi connectivity index (χ1v) is 11.1. The van der Waals surface area contributed by atoms with Crippen LogP contribution < -0.4 is 5.32 Å². The monoisotopic (exact) mass is 426 g/mol. The normalized spacial score (nSPS) is 13.4. The third kappa shape index (κ3) is 4.32. The van der Waals surface area contributed by atoms with Crippen LogP contribution in [-0.2, 0) is 26.1 Å². The van der Waals surface area contributed by atoms with E-state index in [4.69, 9.17) is 5.10 Å². The van der Waals surface area contributed by atoms with Crippen LogP contribution in [0.3, 0.4) is 0 Å². The topological polar surface area (TPSA) is 77.6 Å². The Morgan fingerprint density at radius 3 is 2.53 bits per heavy atom. The van der Waals surface area contributed by atoms with Gasteiger partial charge >= 0.3 is 0 Å². The van der Waals surface area contributed by atoms with Crippen LogP contribution in [-0.4, -0.2) is 30.5 Å². The van der Waals surface area contributed by atoms with Gasteiger partial charge in [0.15, 0.2) is 5.82 Å². The van der Waals surface area contributed by atoms with Gasteiger partial charge in [-0.2, -0.15) is 5.10 Å². The molecule has 4 aromatic rings. The molecular formula is C25H26N6O. The minimum absolute atomic E-state index is 0.158. The molecule has 1 amide bonds. The average molecular weight is 427 g/mol. The lowest BCUT2D eigenvalue weighted by Gasteiger charge is -2.08. The number of carbonyl (C=O) groups is 1. The Labute approximate surface area is 187 Å². The van der Waals surface area contributed by atoms with Crippen molar-refractivity contribution in [2.24, 2.45) is 0 Å². The van der Waals surface area contributed by atoms with Gasteiger partial charge in [-0.25, -0.2) is 0 Å². The number of amides is 1. The van der Waals surface area contributed by atoms with Crippen LogP contribution in [0, 0.1) is 0 Å². The summed E-state index contributed by atoms with van der Waals surface area (Å²) in [6.07, 6.45) is 6.25. The van der Waals surface area contributed by atoms with Crippen molar-refractivity contribution in [3.05, 3.63) is 89.6 Å². The highest BCUT2D eigenvalue weighted by Crippen LogP contribution is 2.23. The molecule has 0 spiro atoms. The molecule has 3 heterocycles. The van der Waals surface area contributed by atoms with Crippen LogP contribution in [0.2, 0.25) is 0 Å². The third-order valence-electron chi connectivity index (χ3n) is 5.83. The van der Waals surface area contributed by atoms with Gasteiger partial charge in [0.25, 0.3) is 5.91 Å². The van der Waals surface area contributed by atoms with E-state index in [9.17, 15) is 4.79 Å². The number of benzene rings is 2. The molecule has 0 radical (unpaired) electrons. The van der Waals surface area contributed by atoms with Crippen molar-refractivity contribution in [3.63, 3.8) is 0 Å². The molecule has 162 valence electrons. The molecule has 2 aromatic heterocycles. The van der Waals surface area contributed by atoms with E-state index in [1.165, 1.54) is 6.42 Å². The number of nitrogens with one attached hydrogen (secondary N) is 1. The first-order valence-electron chi connectivity index (χ1n) is 11.1. The number of nitrogens with zero attached hydrogens (tertiary/aromatic N) is 5. The van der Waals surface area contributed by atoms with Crippen molar-refractivity contribution in [1.82, 2.24) is 29.9 Å². The summed E-state index contributed by atoms with van der Waals surface area (Å²) in [6.45, 7) is 1.87. The summed E-state index contributed by atoms with van der Waals surface area (Å²) in [6, 6.07) is 19.9. The van der Waals surface area contributed by atoms with Crippen LogP contribution >= 0.6 is 0 Å². The van der Waals surface area contributed by atoms with Crippen molar-refractivity contribution >= 4 is 5.91 Å². The maximum Gasteiger partial charge on any atom is 0.255 e. The number of aromatic nitrogens is 5. The second-order valence-corrected chi connectivity index (χ2v) is 8.12. The smallest absolute Gasteiger partial charge is 0.255 e. The van der Waals surface area contributed by atoms with Crippen molar-refractivity contribution in [2.45, 2.75) is 45.3 Å². The molecule has 7 nitrogen and oxygen atoms in total. The van der Waals surface area contributed by atoms with Crippen LogP contribution in [0.4, 0.5) is 0 Å². The van der Waals surface area contributed by atoms with Crippen molar-refractivity contribution in [1.29, 1.82) is 0 Å².